The minimum absolute atomic E-state index is 0.0119. The summed E-state index contributed by atoms with van der Waals surface area (Å²) in [6, 6.07) is 3.85. The first-order valence-corrected chi connectivity index (χ1v) is 10.8. The van der Waals surface area contributed by atoms with Gasteiger partial charge < -0.3 is 5.32 Å². The predicted octanol–water partition coefficient (Wildman–Crippen LogP) is 4.87. The van der Waals surface area contributed by atoms with Crippen LogP contribution in [0.15, 0.2) is 12.1 Å². The van der Waals surface area contributed by atoms with E-state index >= 15 is 0 Å². The summed E-state index contributed by atoms with van der Waals surface area (Å²) in [7, 11) is -1.08. The third-order valence-corrected chi connectivity index (χ3v) is 11.0. The number of amides is 1. The molecule has 1 N–H and O–H groups in total. The average Bonchev–Trinajstić information content (AvgIpc) is 3.12. The van der Waals surface area contributed by atoms with Gasteiger partial charge in [-0.15, -0.1) is 0 Å². The molecule has 1 saturated heterocycles. The van der Waals surface area contributed by atoms with Gasteiger partial charge in [0.2, 0.25) is 0 Å². The van der Waals surface area contributed by atoms with E-state index in [0.717, 1.165) is 34.7 Å². The summed E-state index contributed by atoms with van der Waals surface area (Å²) in [5, 5.41) is 3.96. The summed E-state index contributed by atoms with van der Waals surface area (Å²) in [5.74, 6) is 0.272. The second-order valence-electron chi connectivity index (χ2n) is 6.95. The molecule has 21 heavy (non-hydrogen) atoms. The van der Waals surface area contributed by atoms with Crippen LogP contribution < -0.4 is 5.32 Å². The lowest BCUT2D eigenvalue weighted by atomic mass is 10.1. The minimum atomic E-state index is -1.08. The number of rotatable bonds is 3. The van der Waals surface area contributed by atoms with Gasteiger partial charge in [0.15, 0.2) is 5.16 Å². The molecule has 4 heteroatoms. The Morgan fingerprint density at radius 2 is 1.71 bits per heavy atom. The SMILES string of the molecule is Cc1cc(Cl)cc(C)c1NC(=O)C1([P+]2(C)CCCC2)CC1. The van der Waals surface area contributed by atoms with E-state index in [-0.39, 0.29) is 11.1 Å². The smallest absolute Gasteiger partial charge is 0.268 e. The quantitative estimate of drug-likeness (QED) is 0.790. The summed E-state index contributed by atoms with van der Waals surface area (Å²) >= 11 is 6.08. The summed E-state index contributed by atoms with van der Waals surface area (Å²) in [6.07, 6.45) is 7.43. The Morgan fingerprint density at radius 1 is 1.19 bits per heavy atom. The minimum Gasteiger partial charge on any atom is -0.322 e. The fourth-order valence-electron chi connectivity index (χ4n) is 3.93. The number of nitrogens with one attached hydrogen (secondary N) is 1. The number of anilines is 1. The van der Waals surface area contributed by atoms with Crippen molar-refractivity contribution < 1.29 is 4.79 Å². The highest BCUT2D eigenvalue weighted by atomic mass is 35.5. The highest BCUT2D eigenvalue weighted by Crippen LogP contribution is 2.78. The van der Waals surface area contributed by atoms with Gasteiger partial charge in [0.25, 0.3) is 5.91 Å². The van der Waals surface area contributed by atoms with Crippen molar-refractivity contribution in [3.8, 4) is 0 Å². The molecule has 0 atom stereocenters. The van der Waals surface area contributed by atoms with Crippen molar-refractivity contribution in [2.75, 3.05) is 24.3 Å². The van der Waals surface area contributed by atoms with Gasteiger partial charge in [-0.1, -0.05) is 11.6 Å². The van der Waals surface area contributed by atoms with Gasteiger partial charge >= 0.3 is 0 Å². The van der Waals surface area contributed by atoms with Crippen molar-refractivity contribution in [2.24, 2.45) is 0 Å². The molecule has 2 nitrogen and oxygen atoms in total. The van der Waals surface area contributed by atoms with Gasteiger partial charge in [0, 0.05) is 37.5 Å². The number of carbonyl (C=O) groups excluding carboxylic acids is 1. The highest BCUT2D eigenvalue weighted by molar-refractivity contribution is 7.78. The van der Waals surface area contributed by atoms with Gasteiger partial charge in [-0.05, 0) is 49.9 Å². The third-order valence-electron chi connectivity index (χ3n) is 5.47. The van der Waals surface area contributed by atoms with Crippen LogP contribution in [-0.4, -0.2) is 30.1 Å². The van der Waals surface area contributed by atoms with E-state index in [9.17, 15) is 4.79 Å². The Bertz CT molecular complexity index is 565. The van der Waals surface area contributed by atoms with Gasteiger partial charge in [0.1, 0.15) is 0 Å². The van der Waals surface area contributed by atoms with Gasteiger partial charge in [-0.2, -0.15) is 0 Å². The van der Waals surface area contributed by atoms with Crippen molar-refractivity contribution in [1.82, 2.24) is 0 Å². The predicted molar refractivity (Wildman–Crippen MR) is 93.3 cm³/mol. The lowest BCUT2D eigenvalue weighted by Crippen LogP contribution is -2.33. The second-order valence-corrected chi connectivity index (χ2v) is 11.9. The molecule has 0 spiro atoms. The van der Waals surface area contributed by atoms with Crippen molar-refractivity contribution >= 4 is 30.5 Å². The number of aryl methyl sites for hydroxylation is 2. The summed E-state index contributed by atoms with van der Waals surface area (Å²) in [4.78, 5) is 13.0. The number of halogens is 1. The lowest BCUT2D eigenvalue weighted by molar-refractivity contribution is -0.116. The fraction of sp³-hybridized carbons (Fsp3) is 0.588. The average molecular weight is 325 g/mol. The number of hydrogen-bond acceptors (Lipinski definition) is 1. The molecule has 1 heterocycles. The Hall–Kier alpha value is -0.590. The summed E-state index contributed by atoms with van der Waals surface area (Å²) in [6.45, 7) is 6.45. The molecule has 0 bridgehead atoms. The molecule has 114 valence electrons. The second kappa shape index (κ2) is 5.25. The molecule has 0 radical (unpaired) electrons. The Labute approximate surface area is 133 Å². The molecule has 2 aliphatic rings. The van der Waals surface area contributed by atoms with Crippen LogP contribution in [0, 0.1) is 13.8 Å². The van der Waals surface area contributed by atoms with Crippen LogP contribution in [0.1, 0.15) is 36.8 Å². The fourth-order valence-corrected chi connectivity index (χ4v) is 8.92. The topological polar surface area (TPSA) is 29.1 Å². The lowest BCUT2D eigenvalue weighted by Gasteiger charge is -2.27. The first kappa shape index (κ1) is 15.3. The summed E-state index contributed by atoms with van der Waals surface area (Å²) in [5.41, 5.74) is 3.07. The molecule has 1 aromatic rings. The molecule has 3 rings (SSSR count). The molecule has 1 amide bonds. The molecule has 1 aliphatic heterocycles. The van der Waals surface area contributed by atoms with Gasteiger partial charge in [0.05, 0.1) is 12.3 Å². The molecular formula is C17H24ClNOP+. The first-order valence-electron chi connectivity index (χ1n) is 7.81. The summed E-state index contributed by atoms with van der Waals surface area (Å²) < 4.78 is 0. The maximum atomic E-state index is 13.0. The standard InChI is InChI=1S/C17H23ClNOP/c1-12-10-14(18)11-13(2)15(12)19-16(20)17(6-7-17)21(3)8-4-5-9-21/h10-11H,4-9H2,1-3H3/p+1. The highest BCUT2D eigenvalue weighted by Gasteiger charge is 2.68. The van der Waals surface area contributed by atoms with Crippen LogP contribution in [0.25, 0.3) is 0 Å². The Balaban J connectivity index is 1.84. The molecule has 1 aliphatic carbocycles. The Morgan fingerprint density at radius 3 is 2.19 bits per heavy atom. The number of carbonyl (C=O) groups is 1. The zero-order chi connectivity index (χ0) is 15.3. The van der Waals surface area contributed by atoms with Crippen molar-refractivity contribution in [3.63, 3.8) is 0 Å². The van der Waals surface area contributed by atoms with Gasteiger partial charge in [-0.25, -0.2) is 0 Å². The van der Waals surface area contributed by atoms with E-state index in [1.165, 1.54) is 25.2 Å². The van der Waals surface area contributed by atoms with E-state index < -0.39 is 7.26 Å². The zero-order valence-electron chi connectivity index (χ0n) is 13.1. The maximum Gasteiger partial charge on any atom is 0.268 e. The monoisotopic (exact) mass is 324 g/mol. The van der Waals surface area contributed by atoms with E-state index in [1.807, 2.05) is 26.0 Å². The van der Waals surface area contributed by atoms with Crippen LogP contribution in [0.5, 0.6) is 0 Å². The van der Waals surface area contributed by atoms with Crippen molar-refractivity contribution in [3.05, 3.63) is 28.3 Å². The molecule has 1 saturated carbocycles. The number of benzene rings is 1. The molecule has 0 unspecified atom stereocenters. The maximum absolute atomic E-state index is 13.0. The molecule has 2 fully saturated rings. The van der Waals surface area contributed by atoms with Crippen LogP contribution in [0.4, 0.5) is 5.69 Å². The molecular weight excluding hydrogens is 301 g/mol. The van der Waals surface area contributed by atoms with Crippen LogP contribution >= 0.6 is 18.9 Å². The van der Waals surface area contributed by atoms with Crippen LogP contribution in [0.2, 0.25) is 5.02 Å². The van der Waals surface area contributed by atoms with Crippen LogP contribution in [0.3, 0.4) is 0 Å². The van der Waals surface area contributed by atoms with E-state index in [2.05, 4.69) is 12.0 Å². The van der Waals surface area contributed by atoms with E-state index in [4.69, 9.17) is 11.6 Å². The molecule has 0 aromatic heterocycles. The van der Waals surface area contributed by atoms with E-state index in [0.29, 0.717) is 0 Å². The van der Waals surface area contributed by atoms with Crippen molar-refractivity contribution in [1.29, 1.82) is 0 Å². The largest absolute Gasteiger partial charge is 0.322 e. The Kier molecular flexibility index (Phi) is 3.83. The van der Waals surface area contributed by atoms with E-state index in [1.54, 1.807) is 0 Å². The first-order chi connectivity index (χ1) is 9.88. The normalized spacial score (nSPS) is 22.1. The third kappa shape index (κ3) is 2.51. The van der Waals surface area contributed by atoms with Gasteiger partial charge in [-0.3, -0.25) is 4.79 Å². The van der Waals surface area contributed by atoms with Crippen LogP contribution in [-0.2, 0) is 4.79 Å². The van der Waals surface area contributed by atoms with Crippen molar-refractivity contribution in [2.45, 2.75) is 44.7 Å². The molecule has 1 aromatic carbocycles. The zero-order valence-corrected chi connectivity index (χ0v) is 14.8. The number of hydrogen-bond donors (Lipinski definition) is 1.